The van der Waals surface area contributed by atoms with E-state index in [9.17, 15) is 14.7 Å². The van der Waals surface area contributed by atoms with Crippen molar-refractivity contribution in [1.82, 2.24) is 4.90 Å². The molecule has 2 aliphatic rings. The molecule has 4 atom stereocenters. The molecule has 0 bridgehead atoms. The molecule has 2 saturated heterocycles. The molecule has 0 saturated carbocycles. The summed E-state index contributed by atoms with van der Waals surface area (Å²) >= 11 is 0. The Kier molecular flexibility index (Phi) is 4.36. The van der Waals surface area contributed by atoms with E-state index in [1.54, 1.807) is 4.90 Å². The lowest BCUT2D eigenvalue weighted by Crippen LogP contribution is -2.61. The molecule has 0 aliphatic carbocycles. The van der Waals surface area contributed by atoms with Crippen LogP contribution in [0, 0.1) is 5.92 Å². The molecule has 1 N–H and O–H groups in total. The fourth-order valence-electron chi connectivity index (χ4n) is 3.90. The number of rotatable bonds is 4. The van der Waals surface area contributed by atoms with Crippen molar-refractivity contribution in [2.75, 3.05) is 6.61 Å². The summed E-state index contributed by atoms with van der Waals surface area (Å²) in [6, 6.07) is 9.41. The van der Waals surface area contributed by atoms with Crippen LogP contribution in [-0.2, 0) is 19.1 Å². The first-order valence-electron chi connectivity index (χ1n) is 8.22. The van der Waals surface area contributed by atoms with Crippen LogP contribution in [0.4, 0.5) is 0 Å². The first-order chi connectivity index (χ1) is 11.4. The minimum absolute atomic E-state index is 0.0111. The summed E-state index contributed by atoms with van der Waals surface area (Å²) in [5.41, 5.74) is -0.204. The Morgan fingerprint density at radius 3 is 2.62 bits per heavy atom. The Balaban J connectivity index is 2.04. The van der Waals surface area contributed by atoms with Gasteiger partial charge in [0.05, 0.1) is 19.1 Å². The number of hydrogen-bond acceptors (Lipinski definition) is 5. The number of esters is 1. The SMILES string of the molecule is CC(=O)OC(C(C)C)C12COC(c3ccccc3)N1C(=O)CC2O. The quantitative estimate of drug-likeness (QED) is 0.848. The van der Waals surface area contributed by atoms with Gasteiger partial charge in [-0.25, -0.2) is 0 Å². The zero-order chi connectivity index (χ0) is 17.5. The van der Waals surface area contributed by atoms with Gasteiger partial charge in [0.15, 0.2) is 6.23 Å². The van der Waals surface area contributed by atoms with Crippen molar-refractivity contribution in [3.05, 3.63) is 35.9 Å². The third-order valence-electron chi connectivity index (χ3n) is 4.84. The second-order valence-electron chi connectivity index (χ2n) is 6.82. The maximum atomic E-state index is 12.6. The highest BCUT2D eigenvalue weighted by molar-refractivity contribution is 5.82. The highest BCUT2D eigenvalue weighted by Crippen LogP contribution is 2.48. The second-order valence-corrected chi connectivity index (χ2v) is 6.82. The number of carbonyl (C=O) groups excluding carboxylic acids is 2. The summed E-state index contributed by atoms with van der Waals surface area (Å²) in [5, 5.41) is 10.7. The van der Waals surface area contributed by atoms with Gasteiger partial charge in [-0.1, -0.05) is 44.2 Å². The topological polar surface area (TPSA) is 76.1 Å². The summed E-state index contributed by atoms with van der Waals surface area (Å²) in [5.74, 6) is -0.695. The number of aliphatic hydroxyl groups is 1. The van der Waals surface area contributed by atoms with Crippen LogP contribution in [0.3, 0.4) is 0 Å². The van der Waals surface area contributed by atoms with Gasteiger partial charge in [0.1, 0.15) is 11.6 Å². The molecule has 1 aromatic rings. The standard InChI is InChI=1S/C18H23NO5/c1-11(2)16(24-12(3)20)18-10-23-17(13-7-5-4-6-8-13)19(18)15(22)9-14(18)21/h4-8,11,14,16-17,21H,9-10H2,1-3H3. The summed E-state index contributed by atoms with van der Waals surface area (Å²) in [7, 11) is 0. The molecule has 6 nitrogen and oxygen atoms in total. The minimum atomic E-state index is -1.04. The molecule has 0 radical (unpaired) electrons. The van der Waals surface area contributed by atoms with Gasteiger partial charge in [0.25, 0.3) is 0 Å². The average molecular weight is 333 g/mol. The highest BCUT2D eigenvalue weighted by Gasteiger charge is 2.65. The normalized spacial score (nSPS) is 30.5. The number of fused-ring (bicyclic) bond motifs is 1. The number of hydrogen-bond donors (Lipinski definition) is 1. The average Bonchev–Trinajstić information content (AvgIpc) is 3.04. The second kappa shape index (κ2) is 6.18. The van der Waals surface area contributed by atoms with Gasteiger partial charge < -0.3 is 14.6 Å². The lowest BCUT2D eigenvalue weighted by atomic mass is 9.82. The van der Waals surface area contributed by atoms with Crippen LogP contribution in [0.25, 0.3) is 0 Å². The molecule has 24 heavy (non-hydrogen) atoms. The van der Waals surface area contributed by atoms with Gasteiger partial charge in [0.2, 0.25) is 5.91 Å². The number of ether oxygens (including phenoxy) is 2. The van der Waals surface area contributed by atoms with Crippen molar-refractivity contribution < 1.29 is 24.2 Å². The van der Waals surface area contributed by atoms with E-state index in [-0.39, 0.29) is 24.9 Å². The molecule has 3 rings (SSSR count). The molecule has 2 heterocycles. The van der Waals surface area contributed by atoms with Gasteiger partial charge in [0, 0.05) is 12.5 Å². The molecular weight excluding hydrogens is 310 g/mol. The van der Waals surface area contributed by atoms with E-state index in [1.165, 1.54) is 6.92 Å². The van der Waals surface area contributed by atoms with E-state index < -0.39 is 29.9 Å². The first-order valence-corrected chi connectivity index (χ1v) is 8.22. The van der Waals surface area contributed by atoms with Gasteiger partial charge in [-0.05, 0) is 5.92 Å². The van der Waals surface area contributed by atoms with Crippen molar-refractivity contribution in [3.63, 3.8) is 0 Å². The van der Waals surface area contributed by atoms with E-state index in [4.69, 9.17) is 9.47 Å². The van der Waals surface area contributed by atoms with Gasteiger partial charge in [-0.3, -0.25) is 14.5 Å². The highest BCUT2D eigenvalue weighted by atomic mass is 16.6. The predicted octanol–water partition coefficient (Wildman–Crippen LogP) is 1.64. The predicted molar refractivity (Wildman–Crippen MR) is 85.7 cm³/mol. The molecule has 1 amide bonds. The molecule has 6 heteroatoms. The number of benzene rings is 1. The maximum Gasteiger partial charge on any atom is 0.302 e. The van der Waals surface area contributed by atoms with Crippen LogP contribution >= 0.6 is 0 Å². The van der Waals surface area contributed by atoms with Crippen LogP contribution in [0.15, 0.2) is 30.3 Å². The Morgan fingerprint density at radius 1 is 1.38 bits per heavy atom. The molecule has 2 fully saturated rings. The zero-order valence-electron chi connectivity index (χ0n) is 14.1. The number of amides is 1. The fraction of sp³-hybridized carbons (Fsp3) is 0.556. The Hall–Kier alpha value is -1.92. The van der Waals surface area contributed by atoms with Crippen molar-refractivity contribution in [1.29, 1.82) is 0 Å². The van der Waals surface area contributed by atoms with E-state index in [0.717, 1.165) is 5.56 Å². The summed E-state index contributed by atoms with van der Waals surface area (Å²) in [6.07, 6.45) is -2.14. The van der Waals surface area contributed by atoms with Crippen LogP contribution in [-0.4, -0.2) is 46.2 Å². The third kappa shape index (κ3) is 2.50. The van der Waals surface area contributed by atoms with Crippen molar-refractivity contribution >= 4 is 11.9 Å². The van der Waals surface area contributed by atoms with Crippen LogP contribution < -0.4 is 0 Å². The third-order valence-corrected chi connectivity index (χ3v) is 4.84. The molecule has 1 aromatic carbocycles. The molecular formula is C18H23NO5. The summed E-state index contributed by atoms with van der Waals surface area (Å²) in [4.78, 5) is 25.8. The lowest BCUT2D eigenvalue weighted by Gasteiger charge is -2.42. The monoisotopic (exact) mass is 333 g/mol. The lowest BCUT2D eigenvalue weighted by molar-refractivity contribution is -0.164. The van der Waals surface area contributed by atoms with E-state index in [2.05, 4.69) is 0 Å². The van der Waals surface area contributed by atoms with Crippen molar-refractivity contribution in [3.8, 4) is 0 Å². The largest absolute Gasteiger partial charge is 0.460 e. The maximum absolute atomic E-state index is 12.6. The van der Waals surface area contributed by atoms with Gasteiger partial charge >= 0.3 is 5.97 Å². The van der Waals surface area contributed by atoms with E-state index >= 15 is 0 Å². The van der Waals surface area contributed by atoms with Crippen LogP contribution in [0.5, 0.6) is 0 Å². The summed E-state index contributed by atoms with van der Waals surface area (Å²) in [6.45, 7) is 5.29. The Bertz CT molecular complexity index is 632. The Morgan fingerprint density at radius 2 is 2.04 bits per heavy atom. The van der Waals surface area contributed by atoms with Crippen molar-refractivity contribution in [2.24, 2.45) is 5.92 Å². The molecule has 0 aromatic heterocycles. The van der Waals surface area contributed by atoms with E-state index in [1.807, 2.05) is 44.2 Å². The van der Waals surface area contributed by atoms with Gasteiger partial charge in [-0.15, -0.1) is 0 Å². The van der Waals surface area contributed by atoms with Gasteiger partial charge in [-0.2, -0.15) is 0 Å². The first kappa shape index (κ1) is 16.9. The summed E-state index contributed by atoms with van der Waals surface area (Å²) < 4.78 is 11.4. The molecule has 4 unspecified atom stereocenters. The number of carbonyl (C=O) groups is 2. The fourth-order valence-corrected chi connectivity index (χ4v) is 3.90. The Labute approximate surface area is 141 Å². The van der Waals surface area contributed by atoms with Crippen LogP contribution in [0.2, 0.25) is 0 Å². The van der Waals surface area contributed by atoms with Crippen molar-refractivity contribution in [2.45, 2.75) is 51.2 Å². The smallest absolute Gasteiger partial charge is 0.302 e. The number of nitrogens with zero attached hydrogens (tertiary/aromatic N) is 1. The minimum Gasteiger partial charge on any atom is -0.460 e. The van der Waals surface area contributed by atoms with Crippen LogP contribution in [0.1, 0.15) is 39.0 Å². The number of aliphatic hydroxyl groups excluding tert-OH is 1. The zero-order valence-corrected chi connectivity index (χ0v) is 14.1. The van der Waals surface area contributed by atoms with E-state index in [0.29, 0.717) is 0 Å². The molecule has 130 valence electrons. The molecule has 2 aliphatic heterocycles. The molecule has 0 spiro atoms.